The maximum Gasteiger partial charge on any atom is 0.319 e. The monoisotopic (exact) mass is 289 g/mol. The molecule has 2 fully saturated rings. The van der Waals surface area contributed by atoms with Crippen LogP contribution in [0.3, 0.4) is 0 Å². The molecular weight excluding hydrogens is 266 g/mol. The summed E-state index contributed by atoms with van der Waals surface area (Å²) in [5.41, 5.74) is 1.92. The number of ether oxygens (including phenoxy) is 1. The Morgan fingerprint density at radius 3 is 2.52 bits per heavy atom. The molecule has 1 aromatic rings. The molecule has 5 heteroatoms. The van der Waals surface area contributed by atoms with Crippen LogP contribution in [0.4, 0.5) is 16.2 Å². The average molecular weight is 289 g/mol. The molecule has 1 aromatic carbocycles. The highest BCUT2D eigenvalue weighted by Gasteiger charge is 2.26. The summed E-state index contributed by atoms with van der Waals surface area (Å²) in [6, 6.07) is 8.21. The smallest absolute Gasteiger partial charge is 0.319 e. The Balaban J connectivity index is 1.73. The first-order valence-electron chi connectivity index (χ1n) is 7.69. The number of rotatable bonds is 3. The minimum atomic E-state index is -0.112. The van der Waals surface area contributed by atoms with E-state index in [2.05, 4.69) is 35.4 Å². The second-order valence-corrected chi connectivity index (χ2v) is 6.05. The van der Waals surface area contributed by atoms with E-state index in [0.717, 1.165) is 37.3 Å². The number of hydrogen-bond acceptors (Lipinski definition) is 3. The maximum atomic E-state index is 12.0. The molecule has 0 spiro atoms. The van der Waals surface area contributed by atoms with Gasteiger partial charge in [0.15, 0.2) is 0 Å². The number of nitrogens with one attached hydrogen (secondary N) is 2. The quantitative estimate of drug-likeness (QED) is 0.899. The van der Waals surface area contributed by atoms with Crippen LogP contribution in [0, 0.1) is 0 Å². The molecule has 0 bridgehead atoms. The van der Waals surface area contributed by atoms with Crippen molar-refractivity contribution in [3.63, 3.8) is 0 Å². The summed E-state index contributed by atoms with van der Waals surface area (Å²) in [4.78, 5) is 14.2. The van der Waals surface area contributed by atoms with Crippen molar-refractivity contribution in [3.05, 3.63) is 24.3 Å². The lowest BCUT2D eigenvalue weighted by atomic mass is 10.1. The number of para-hydroxylation sites is 2. The minimum absolute atomic E-state index is 0.112. The average Bonchev–Trinajstić information content (AvgIpc) is 3.22. The van der Waals surface area contributed by atoms with Gasteiger partial charge in [-0.1, -0.05) is 12.1 Å². The molecule has 3 rings (SSSR count). The zero-order valence-electron chi connectivity index (χ0n) is 12.6. The fourth-order valence-electron chi connectivity index (χ4n) is 2.80. The lowest BCUT2D eigenvalue weighted by Gasteiger charge is -2.37. The maximum absolute atomic E-state index is 12.0. The van der Waals surface area contributed by atoms with E-state index in [1.54, 1.807) is 0 Å². The van der Waals surface area contributed by atoms with Gasteiger partial charge < -0.3 is 20.3 Å². The molecule has 1 saturated carbocycles. The Kier molecular flexibility index (Phi) is 4.01. The molecule has 1 aliphatic carbocycles. The van der Waals surface area contributed by atoms with Gasteiger partial charge in [0.05, 0.1) is 23.6 Å². The third kappa shape index (κ3) is 3.67. The van der Waals surface area contributed by atoms with Gasteiger partial charge in [-0.25, -0.2) is 4.79 Å². The Labute approximate surface area is 125 Å². The third-order valence-corrected chi connectivity index (χ3v) is 3.83. The number of benzene rings is 1. The van der Waals surface area contributed by atoms with Gasteiger partial charge in [0.2, 0.25) is 0 Å². The molecule has 5 nitrogen and oxygen atoms in total. The van der Waals surface area contributed by atoms with E-state index in [4.69, 9.17) is 4.74 Å². The highest BCUT2D eigenvalue weighted by Crippen LogP contribution is 2.28. The summed E-state index contributed by atoms with van der Waals surface area (Å²) in [6.07, 6.45) is 2.57. The zero-order chi connectivity index (χ0) is 14.8. The highest BCUT2D eigenvalue weighted by atomic mass is 16.5. The summed E-state index contributed by atoms with van der Waals surface area (Å²) >= 11 is 0. The van der Waals surface area contributed by atoms with Gasteiger partial charge in [-0.2, -0.15) is 0 Å². The summed E-state index contributed by atoms with van der Waals surface area (Å²) < 4.78 is 5.78. The number of urea groups is 1. The number of anilines is 2. The number of nitrogens with zero attached hydrogens (tertiary/aromatic N) is 1. The predicted octanol–water partition coefficient (Wildman–Crippen LogP) is 2.58. The number of amides is 2. The second-order valence-electron chi connectivity index (χ2n) is 6.05. The van der Waals surface area contributed by atoms with Crippen LogP contribution in [0.25, 0.3) is 0 Å². The molecule has 21 heavy (non-hydrogen) atoms. The zero-order valence-corrected chi connectivity index (χ0v) is 12.6. The molecular formula is C16H23N3O2. The molecule has 114 valence electrons. The van der Waals surface area contributed by atoms with Crippen molar-refractivity contribution in [2.75, 3.05) is 23.3 Å². The molecule has 2 N–H and O–H groups in total. The van der Waals surface area contributed by atoms with Crippen molar-refractivity contribution in [2.24, 2.45) is 0 Å². The number of hydrogen-bond donors (Lipinski definition) is 2. The summed E-state index contributed by atoms with van der Waals surface area (Å²) in [7, 11) is 0. The van der Waals surface area contributed by atoms with Crippen LogP contribution >= 0.6 is 0 Å². The number of morpholine rings is 1. The standard InChI is InChI=1S/C16H23N3O2/c1-11-9-19(10-12(2)21-11)15-6-4-3-5-14(15)18-16(20)17-13-7-8-13/h3-6,11-13H,7-10H2,1-2H3,(H2,17,18,20)/t11-,12+. The van der Waals surface area contributed by atoms with E-state index in [1.165, 1.54) is 0 Å². The van der Waals surface area contributed by atoms with Crippen molar-refractivity contribution < 1.29 is 9.53 Å². The van der Waals surface area contributed by atoms with Gasteiger partial charge in [0, 0.05) is 19.1 Å². The van der Waals surface area contributed by atoms with Gasteiger partial charge >= 0.3 is 6.03 Å². The van der Waals surface area contributed by atoms with E-state index in [9.17, 15) is 4.79 Å². The van der Waals surface area contributed by atoms with Crippen LogP contribution in [0.5, 0.6) is 0 Å². The Hall–Kier alpha value is -1.75. The minimum Gasteiger partial charge on any atom is -0.372 e. The van der Waals surface area contributed by atoms with Crippen molar-refractivity contribution in [1.29, 1.82) is 0 Å². The van der Waals surface area contributed by atoms with Gasteiger partial charge in [-0.3, -0.25) is 0 Å². The van der Waals surface area contributed by atoms with Crippen LogP contribution in [-0.4, -0.2) is 37.4 Å². The Bertz CT molecular complexity index is 506. The molecule has 1 heterocycles. The Morgan fingerprint density at radius 1 is 1.19 bits per heavy atom. The van der Waals surface area contributed by atoms with Gasteiger partial charge in [-0.05, 0) is 38.8 Å². The van der Waals surface area contributed by atoms with Crippen molar-refractivity contribution >= 4 is 17.4 Å². The van der Waals surface area contributed by atoms with Crippen LogP contribution in [0.15, 0.2) is 24.3 Å². The third-order valence-electron chi connectivity index (χ3n) is 3.83. The molecule has 1 aliphatic heterocycles. The van der Waals surface area contributed by atoms with Crippen molar-refractivity contribution in [1.82, 2.24) is 5.32 Å². The molecule has 0 aromatic heterocycles. The SMILES string of the molecule is C[C@@H]1CN(c2ccccc2NC(=O)NC2CC2)C[C@H](C)O1. The van der Waals surface area contributed by atoms with E-state index < -0.39 is 0 Å². The van der Waals surface area contributed by atoms with Gasteiger partial charge in [0.25, 0.3) is 0 Å². The molecule has 0 unspecified atom stereocenters. The molecule has 1 saturated heterocycles. The van der Waals surface area contributed by atoms with Crippen molar-refractivity contribution in [3.8, 4) is 0 Å². The molecule has 2 atom stereocenters. The van der Waals surface area contributed by atoms with E-state index >= 15 is 0 Å². The fourth-order valence-corrected chi connectivity index (χ4v) is 2.80. The summed E-state index contributed by atoms with van der Waals surface area (Å²) in [5, 5.41) is 5.93. The lowest BCUT2D eigenvalue weighted by molar-refractivity contribution is -0.00517. The second kappa shape index (κ2) is 5.93. The van der Waals surface area contributed by atoms with Crippen LogP contribution in [0.1, 0.15) is 26.7 Å². The van der Waals surface area contributed by atoms with E-state index in [1.807, 2.05) is 18.2 Å². The number of carbonyl (C=O) groups is 1. The Morgan fingerprint density at radius 2 is 1.86 bits per heavy atom. The van der Waals surface area contributed by atoms with Gasteiger partial charge in [-0.15, -0.1) is 0 Å². The molecule has 2 aliphatic rings. The summed E-state index contributed by atoms with van der Waals surface area (Å²) in [5.74, 6) is 0. The largest absolute Gasteiger partial charge is 0.372 e. The normalized spacial score (nSPS) is 25.5. The molecule has 0 radical (unpaired) electrons. The first-order chi connectivity index (χ1) is 10.1. The fraction of sp³-hybridized carbons (Fsp3) is 0.562. The van der Waals surface area contributed by atoms with Crippen LogP contribution in [0.2, 0.25) is 0 Å². The predicted molar refractivity (Wildman–Crippen MR) is 83.8 cm³/mol. The first-order valence-corrected chi connectivity index (χ1v) is 7.69. The number of carbonyl (C=O) groups excluding carboxylic acids is 1. The van der Waals surface area contributed by atoms with E-state index in [-0.39, 0.29) is 18.2 Å². The highest BCUT2D eigenvalue weighted by molar-refractivity contribution is 5.93. The van der Waals surface area contributed by atoms with E-state index in [0.29, 0.717) is 6.04 Å². The first kappa shape index (κ1) is 14.2. The summed E-state index contributed by atoms with van der Waals surface area (Å²) in [6.45, 7) is 5.84. The topological polar surface area (TPSA) is 53.6 Å². The molecule has 2 amide bonds. The van der Waals surface area contributed by atoms with Crippen molar-refractivity contribution in [2.45, 2.75) is 44.9 Å². The van der Waals surface area contributed by atoms with Crippen LogP contribution < -0.4 is 15.5 Å². The lowest BCUT2D eigenvalue weighted by Crippen LogP contribution is -2.45. The van der Waals surface area contributed by atoms with Gasteiger partial charge in [0.1, 0.15) is 0 Å². The van der Waals surface area contributed by atoms with Crippen LogP contribution in [-0.2, 0) is 4.74 Å².